The normalized spacial score (nSPS) is 27.7. The lowest BCUT2D eigenvalue weighted by atomic mass is 9.71. The highest BCUT2D eigenvalue weighted by Crippen LogP contribution is 2.40. The van der Waals surface area contributed by atoms with Crippen molar-refractivity contribution in [1.82, 2.24) is 5.32 Å². The van der Waals surface area contributed by atoms with Crippen LogP contribution in [0, 0.1) is 11.8 Å². The fourth-order valence-electron chi connectivity index (χ4n) is 3.19. The summed E-state index contributed by atoms with van der Waals surface area (Å²) in [6, 6.07) is 9.07. The first-order chi connectivity index (χ1) is 9.06. The molecule has 0 heterocycles. The highest BCUT2D eigenvalue weighted by atomic mass is 35.5. The predicted molar refractivity (Wildman–Crippen MR) is 83.8 cm³/mol. The Kier molecular flexibility index (Phi) is 5.29. The molecule has 0 aliphatic heterocycles. The molecule has 1 aliphatic rings. The van der Waals surface area contributed by atoms with Crippen molar-refractivity contribution < 1.29 is 0 Å². The quantitative estimate of drug-likeness (QED) is 0.830. The van der Waals surface area contributed by atoms with Gasteiger partial charge in [0.25, 0.3) is 0 Å². The second-order valence-corrected chi connectivity index (χ2v) is 6.84. The lowest BCUT2D eigenvalue weighted by Crippen LogP contribution is -2.34. The Morgan fingerprint density at radius 3 is 2.53 bits per heavy atom. The first-order valence-corrected chi connectivity index (χ1v) is 7.93. The summed E-state index contributed by atoms with van der Waals surface area (Å²) in [5.41, 5.74) is 1.46. The van der Waals surface area contributed by atoms with E-state index in [9.17, 15) is 0 Å². The highest BCUT2D eigenvalue weighted by molar-refractivity contribution is 6.30. The van der Waals surface area contributed by atoms with Crippen molar-refractivity contribution in [2.45, 2.75) is 52.0 Å². The van der Waals surface area contributed by atoms with Crippen LogP contribution in [0.1, 0.15) is 51.5 Å². The zero-order chi connectivity index (χ0) is 13.8. The van der Waals surface area contributed by atoms with Gasteiger partial charge >= 0.3 is 0 Å². The summed E-state index contributed by atoms with van der Waals surface area (Å²) >= 11 is 6.01. The molecule has 1 N–H and O–H groups in total. The van der Waals surface area contributed by atoms with Crippen LogP contribution < -0.4 is 5.32 Å². The third kappa shape index (κ3) is 4.22. The zero-order valence-electron chi connectivity index (χ0n) is 12.3. The maximum Gasteiger partial charge on any atom is 0.0406 e. The maximum atomic E-state index is 6.01. The van der Waals surface area contributed by atoms with Crippen LogP contribution in [0.5, 0.6) is 0 Å². The molecule has 1 aliphatic carbocycles. The van der Waals surface area contributed by atoms with E-state index in [1.165, 1.54) is 24.8 Å². The molecular formula is C17H26ClN. The van der Waals surface area contributed by atoms with E-state index in [1.807, 2.05) is 12.1 Å². The van der Waals surface area contributed by atoms with E-state index in [0.717, 1.165) is 23.4 Å². The first-order valence-electron chi connectivity index (χ1n) is 7.55. The van der Waals surface area contributed by atoms with E-state index in [4.69, 9.17) is 11.6 Å². The Morgan fingerprint density at radius 1 is 1.21 bits per heavy atom. The van der Waals surface area contributed by atoms with Gasteiger partial charge in [-0.05, 0) is 54.8 Å². The van der Waals surface area contributed by atoms with Gasteiger partial charge in [0.05, 0.1) is 0 Å². The molecule has 1 aromatic rings. The molecule has 2 rings (SSSR count). The number of hydrogen-bond acceptors (Lipinski definition) is 1. The van der Waals surface area contributed by atoms with E-state index >= 15 is 0 Å². The molecule has 0 radical (unpaired) electrons. The maximum absolute atomic E-state index is 6.01. The molecule has 106 valence electrons. The Bertz CT molecular complexity index is 385. The Hall–Kier alpha value is -0.530. The van der Waals surface area contributed by atoms with Gasteiger partial charge in [-0.3, -0.25) is 0 Å². The van der Waals surface area contributed by atoms with Crippen molar-refractivity contribution in [2.75, 3.05) is 6.54 Å². The van der Waals surface area contributed by atoms with Gasteiger partial charge in [-0.2, -0.15) is 0 Å². The summed E-state index contributed by atoms with van der Waals surface area (Å²) in [5, 5.41) is 4.45. The Balaban J connectivity index is 2.09. The fraction of sp³-hybridized carbons (Fsp3) is 0.647. The van der Waals surface area contributed by atoms with Gasteiger partial charge in [0, 0.05) is 11.1 Å². The molecule has 0 bridgehead atoms. The van der Waals surface area contributed by atoms with E-state index in [2.05, 4.69) is 38.2 Å². The van der Waals surface area contributed by atoms with Crippen molar-refractivity contribution in [3.63, 3.8) is 0 Å². The average molecular weight is 280 g/mol. The minimum absolute atomic E-state index is 0.574. The lowest BCUT2D eigenvalue weighted by Gasteiger charge is -2.36. The SMILES string of the molecule is CC1CCC(CNC(C)C)C(c2ccc(Cl)cc2)C1. The van der Waals surface area contributed by atoms with Gasteiger partial charge in [0.15, 0.2) is 0 Å². The summed E-state index contributed by atoms with van der Waals surface area (Å²) in [6.07, 6.45) is 4.02. The largest absolute Gasteiger partial charge is 0.314 e. The van der Waals surface area contributed by atoms with Crippen LogP contribution in [-0.2, 0) is 0 Å². The molecule has 19 heavy (non-hydrogen) atoms. The van der Waals surface area contributed by atoms with Crippen LogP contribution in [0.4, 0.5) is 0 Å². The number of rotatable bonds is 4. The molecule has 0 amide bonds. The zero-order valence-corrected chi connectivity index (χ0v) is 13.1. The summed E-state index contributed by atoms with van der Waals surface area (Å²) in [7, 11) is 0. The van der Waals surface area contributed by atoms with Crippen LogP contribution >= 0.6 is 11.6 Å². The third-order valence-corrected chi connectivity index (χ3v) is 4.59. The molecule has 3 atom stereocenters. The van der Waals surface area contributed by atoms with Gasteiger partial charge in [-0.15, -0.1) is 0 Å². The molecule has 2 heteroatoms. The van der Waals surface area contributed by atoms with E-state index in [-0.39, 0.29) is 0 Å². The molecule has 0 aromatic heterocycles. The number of benzene rings is 1. The van der Waals surface area contributed by atoms with E-state index < -0.39 is 0 Å². The van der Waals surface area contributed by atoms with Crippen molar-refractivity contribution >= 4 is 11.6 Å². The van der Waals surface area contributed by atoms with E-state index in [1.54, 1.807) is 0 Å². The van der Waals surface area contributed by atoms with Gasteiger partial charge in [0.1, 0.15) is 0 Å². The molecule has 3 unspecified atom stereocenters. The molecule has 0 saturated heterocycles. The van der Waals surface area contributed by atoms with Gasteiger partial charge in [-0.25, -0.2) is 0 Å². The summed E-state index contributed by atoms with van der Waals surface area (Å²) < 4.78 is 0. The number of hydrogen-bond donors (Lipinski definition) is 1. The second kappa shape index (κ2) is 6.76. The molecule has 1 fully saturated rings. The Morgan fingerprint density at radius 2 is 1.89 bits per heavy atom. The molecule has 1 nitrogen and oxygen atoms in total. The summed E-state index contributed by atoms with van der Waals surface area (Å²) in [4.78, 5) is 0. The molecule has 0 spiro atoms. The van der Waals surface area contributed by atoms with Crippen LogP contribution in [-0.4, -0.2) is 12.6 Å². The number of nitrogens with one attached hydrogen (secondary N) is 1. The van der Waals surface area contributed by atoms with Crippen molar-refractivity contribution in [3.05, 3.63) is 34.9 Å². The predicted octanol–water partition coefficient (Wildman–Crippen LogP) is 4.86. The van der Waals surface area contributed by atoms with Crippen molar-refractivity contribution in [3.8, 4) is 0 Å². The molecule has 1 aromatic carbocycles. The Labute approximate surface area is 122 Å². The van der Waals surface area contributed by atoms with Crippen molar-refractivity contribution in [1.29, 1.82) is 0 Å². The van der Waals surface area contributed by atoms with Gasteiger partial charge in [0.2, 0.25) is 0 Å². The monoisotopic (exact) mass is 279 g/mol. The minimum atomic E-state index is 0.574. The van der Waals surface area contributed by atoms with Gasteiger partial charge in [-0.1, -0.05) is 50.9 Å². The van der Waals surface area contributed by atoms with Gasteiger partial charge < -0.3 is 5.32 Å². The second-order valence-electron chi connectivity index (χ2n) is 6.40. The molecule has 1 saturated carbocycles. The average Bonchev–Trinajstić information content (AvgIpc) is 2.38. The van der Waals surface area contributed by atoms with Crippen LogP contribution in [0.3, 0.4) is 0 Å². The molecular weight excluding hydrogens is 254 g/mol. The first kappa shape index (κ1) is 14.9. The topological polar surface area (TPSA) is 12.0 Å². The summed E-state index contributed by atoms with van der Waals surface area (Å²) in [6.45, 7) is 7.97. The summed E-state index contributed by atoms with van der Waals surface area (Å²) in [5.74, 6) is 2.29. The minimum Gasteiger partial charge on any atom is -0.314 e. The van der Waals surface area contributed by atoms with Crippen LogP contribution in [0.25, 0.3) is 0 Å². The standard InChI is InChI=1S/C17H26ClN/c1-12(2)19-11-15-5-4-13(3)10-17(15)14-6-8-16(18)9-7-14/h6-9,12-13,15,17,19H,4-5,10-11H2,1-3H3. The smallest absolute Gasteiger partial charge is 0.0406 e. The number of halogens is 1. The van der Waals surface area contributed by atoms with Crippen LogP contribution in [0.2, 0.25) is 5.02 Å². The van der Waals surface area contributed by atoms with Crippen molar-refractivity contribution in [2.24, 2.45) is 11.8 Å². The fourth-order valence-corrected chi connectivity index (χ4v) is 3.32. The third-order valence-electron chi connectivity index (χ3n) is 4.34. The van der Waals surface area contributed by atoms with Crippen LogP contribution in [0.15, 0.2) is 24.3 Å². The lowest BCUT2D eigenvalue weighted by molar-refractivity contribution is 0.238. The van der Waals surface area contributed by atoms with E-state index in [0.29, 0.717) is 12.0 Å². The highest BCUT2D eigenvalue weighted by Gasteiger charge is 2.29.